The second-order valence-corrected chi connectivity index (χ2v) is 6.79. The molecule has 1 saturated heterocycles. The number of aromatic nitrogens is 2. The molecule has 1 unspecified atom stereocenters. The number of amides is 2. The molecular formula is C18H30N4O2. The molecule has 1 N–H and O–H groups in total. The Morgan fingerprint density at radius 1 is 1.12 bits per heavy atom. The SMILES string of the molecule is Cc1nn(C)c(C)c1C(C)NC(=O)CCC(=O)N1CCCCCC1. The van der Waals surface area contributed by atoms with Gasteiger partial charge in [0.15, 0.2) is 0 Å². The summed E-state index contributed by atoms with van der Waals surface area (Å²) in [6.45, 7) is 7.59. The van der Waals surface area contributed by atoms with E-state index in [1.807, 2.05) is 37.4 Å². The average molecular weight is 334 g/mol. The average Bonchev–Trinajstić information content (AvgIpc) is 2.74. The molecule has 0 bridgehead atoms. The van der Waals surface area contributed by atoms with Crippen molar-refractivity contribution in [2.45, 2.75) is 65.3 Å². The van der Waals surface area contributed by atoms with Crippen molar-refractivity contribution < 1.29 is 9.59 Å². The van der Waals surface area contributed by atoms with Crippen LogP contribution in [0.4, 0.5) is 0 Å². The molecule has 1 atom stereocenters. The minimum absolute atomic E-state index is 0.0756. The molecule has 1 fully saturated rings. The number of aryl methyl sites for hydroxylation is 2. The summed E-state index contributed by atoms with van der Waals surface area (Å²) in [6.07, 6.45) is 5.10. The summed E-state index contributed by atoms with van der Waals surface area (Å²) in [5, 5.41) is 7.39. The lowest BCUT2D eigenvalue weighted by molar-refractivity contribution is -0.133. The van der Waals surface area contributed by atoms with Gasteiger partial charge in [0.05, 0.1) is 11.7 Å². The van der Waals surface area contributed by atoms with Gasteiger partial charge in [-0.2, -0.15) is 5.10 Å². The maximum Gasteiger partial charge on any atom is 0.223 e. The quantitative estimate of drug-likeness (QED) is 0.899. The molecule has 0 aliphatic carbocycles. The smallest absolute Gasteiger partial charge is 0.223 e. The van der Waals surface area contributed by atoms with Gasteiger partial charge in [0.25, 0.3) is 0 Å². The van der Waals surface area contributed by atoms with Crippen LogP contribution in [-0.4, -0.2) is 39.6 Å². The minimum atomic E-state index is -0.0977. The number of rotatable bonds is 5. The Morgan fingerprint density at radius 3 is 2.29 bits per heavy atom. The molecule has 6 nitrogen and oxygen atoms in total. The third-order valence-corrected chi connectivity index (χ3v) is 4.90. The standard InChI is InChI=1S/C18H30N4O2/c1-13(18-14(2)20-21(4)15(18)3)19-16(23)9-10-17(24)22-11-7-5-6-8-12-22/h13H,5-12H2,1-4H3,(H,19,23). The molecule has 1 aromatic heterocycles. The van der Waals surface area contributed by atoms with Gasteiger partial charge < -0.3 is 10.2 Å². The van der Waals surface area contributed by atoms with Crippen LogP contribution in [0.5, 0.6) is 0 Å². The van der Waals surface area contributed by atoms with Crippen molar-refractivity contribution >= 4 is 11.8 Å². The lowest BCUT2D eigenvalue weighted by atomic mass is 10.1. The van der Waals surface area contributed by atoms with Gasteiger partial charge in [-0.25, -0.2) is 0 Å². The van der Waals surface area contributed by atoms with E-state index in [1.165, 1.54) is 12.8 Å². The number of nitrogens with zero attached hydrogens (tertiary/aromatic N) is 3. The van der Waals surface area contributed by atoms with Crippen LogP contribution in [0.25, 0.3) is 0 Å². The fourth-order valence-corrected chi connectivity index (χ4v) is 3.50. The second kappa shape index (κ2) is 8.31. The van der Waals surface area contributed by atoms with Crippen molar-refractivity contribution in [1.82, 2.24) is 20.0 Å². The predicted molar refractivity (Wildman–Crippen MR) is 93.5 cm³/mol. The van der Waals surface area contributed by atoms with E-state index >= 15 is 0 Å². The van der Waals surface area contributed by atoms with Crippen LogP contribution in [0.1, 0.15) is 68.4 Å². The lowest BCUT2D eigenvalue weighted by Crippen LogP contribution is -2.33. The molecule has 0 radical (unpaired) electrons. The molecule has 2 heterocycles. The monoisotopic (exact) mass is 334 g/mol. The predicted octanol–water partition coefficient (Wildman–Crippen LogP) is 2.40. The molecule has 134 valence electrons. The van der Waals surface area contributed by atoms with E-state index in [2.05, 4.69) is 10.4 Å². The first kappa shape index (κ1) is 18.5. The van der Waals surface area contributed by atoms with Crippen molar-refractivity contribution in [3.05, 3.63) is 17.0 Å². The Hall–Kier alpha value is -1.85. The highest BCUT2D eigenvalue weighted by molar-refractivity contribution is 5.84. The van der Waals surface area contributed by atoms with Gasteiger partial charge in [0.1, 0.15) is 0 Å². The van der Waals surface area contributed by atoms with Crippen molar-refractivity contribution in [3.8, 4) is 0 Å². The highest BCUT2D eigenvalue weighted by Gasteiger charge is 2.20. The number of carbonyl (C=O) groups excluding carboxylic acids is 2. The zero-order chi connectivity index (χ0) is 17.7. The molecule has 0 aromatic carbocycles. The molecule has 1 aliphatic rings. The summed E-state index contributed by atoms with van der Waals surface area (Å²) >= 11 is 0. The van der Waals surface area contributed by atoms with Gasteiger partial charge in [-0.1, -0.05) is 12.8 Å². The second-order valence-electron chi connectivity index (χ2n) is 6.79. The fraction of sp³-hybridized carbons (Fsp3) is 0.722. The molecule has 2 amide bonds. The topological polar surface area (TPSA) is 67.2 Å². The van der Waals surface area contributed by atoms with Gasteiger partial charge in [-0.05, 0) is 33.6 Å². The van der Waals surface area contributed by atoms with E-state index in [9.17, 15) is 9.59 Å². The summed E-state index contributed by atoms with van der Waals surface area (Å²) in [6, 6.07) is -0.0977. The van der Waals surface area contributed by atoms with Crippen molar-refractivity contribution in [1.29, 1.82) is 0 Å². The zero-order valence-corrected chi connectivity index (χ0v) is 15.4. The fourth-order valence-electron chi connectivity index (χ4n) is 3.50. The summed E-state index contributed by atoms with van der Waals surface area (Å²) in [5.74, 6) is 0.0294. The van der Waals surface area contributed by atoms with Gasteiger partial charge in [0.2, 0.25) is 11.8 Å². The summed E-state index contributed by atoms with van der Waals surface area (Å²) in [7, 11) is 1.90. The Labute approximate surface area is 144 Å². The lowest BCUT2D eigenvalue weighted by Gasteiger charge is -2.20. The molecule has 24 heavy (non-hydrogen) atoms. The maximum atomic E-state index is 12.3. The van der Waals surface area contributed by atoms with Gasteiger partial charge in [0, 0.05) is 44.2 Å². The third kappa shape index (κ3) is 4.58. The molecular weight excluding hydrogens is 304 g/mol. The molecule has 6 heteroatoms. The Balaban J connectivity index is 1.83. The Morgan fingerprint density at radius 2 is 1.75 bits per heavy atom. The summed E-state index contributed by atoms with van der Waals surface area (Å²) in [4.78, 5) is 26.4. The minimum Gasteiger partial charge on any atom is -0.349 e. The Kier molecular flexibility index (Phi) is 6.40. The van der Waals surface area contributed by atoms with Crippen LogP contribution in [-0.2, 0) is 16.6 Å². The number of likely N-dealkylation sites (tertiary alicyclic amines) is 1. The highest BCUT2D eigenvalue weighted by Crippen LogP contribution is 2.20. The van der Waals surface area contributed by atoms with Crippen LogP contribution in [0, 0.1) is 13.8 Å². The number of nitrogens with one attached hydrogen (secondary N) is 1. The van der Waals surface area contributed by atoms with Gasteiger partial charge >= 0.3 is 0 Å². The summed E-state index contributed by atoms with van der Waals surface area (Å²) < 4.78 is 1.83. The number of carbonyl (C=O) groups is 2. The first-order valence-electron chi connectivity index (χ1n) is 8.97. The van der Waals surface area contributed by atoms with Crippen molar-refractivity contribution in [2.75, 3.05) is 13.1 Å². The maximum absolute atomic E-state index is 12.3. The van der Waals surface area contributed by atoms with E-state index in [0.29, 0.717) is 6.42 Å². The Bertz CT molecular complexity index is 586. The van der Waals surface area contributed by atoms with Gasteiger partial charge in [-0.15, -0.1) is 0 Å². The van der Waals surface area contributed by atoms with E-state index < -0.39 is 0 Å². The van der Waals surface area contributed by atoms with Crippen molar-refractivity contribution in [2.24, 2.45) is 7.05 Å². The van der Waals surface area contributed by atoms with E-state index in [0.717, 1.165) is 42.9 Å². The molecule has 1 aliphatic heterocycles. The highest BCUT2D eigenvalue weighted by atomic mass is 16.2. The number of hydrogen-bond donors (Lipinski definition) is 1. The van der Waals surface area contributed by atoms with Crippen molar-refractivity contribution in [3.63, 3.8) is 0 Å². The molecule has 1 aromatic rings. The van der Waals surface area contributed by atoms with E-state index in [4.69, 9.17) is 0 Å². The zero-order valence-electron chi connectivity index (χ0n) is 15.4. The van der Waals surface area contributed by atoms with Gasteiger partial charge in [-0.3, -0.25) is 14.3 Å². The van der Waals surface area contributed by atoms with Crippen LogP contribution in [0.15, 0.2) is 0 Å². The number of hydrogen-bond acceptors (Lipinski definition) is 3. The van der Waals surface area contributed by atoms with Crippen LogP contribution in [0.3, 0.4) is 0 Å². The van der Waals surface area contributed by atoms with Crippen LogP contribution < -0.4 is 5.32 Å². The summed E-state index contributed by atoms with van der Waals surface area (Å²) in [5.41, 5.74) is 3.05. The largest absolute Gasteiger partial charge is 0.349 e. The van der Waals surface area contributed by atoms with E-state index in [-0.39, 0.29) is 24.3 Å². The van der Waals surface area contributed by atoms with Crippen LogP contribution in [0.2, 0.25) is 0 Å². The molecule has 0 spiro atoms. The first-order chi connectivity index (χ1) is 11.4. The van der Waals surface area contributed by atoms with Crippen LogP contribution >= 0.6 is 0 Å². The molecule has 0 saturated carbocycles. The first-order valence-corrected chi connectivity index (χ1v) is 8.97. The molecule has 2 rings (SSSR count). The third-order valence-electron chi connectivity index (χ3n) is 4.90. The van der Waals surface area contributed by atoms with E-state index in [1.54, 1.807) is 0 Å². The normalized spacial score (nSPS) is 16.6.